The number of anilines is 1. The molecule has 1 fully saturated rings. The number of pyridine rings is 1. The molecular weight excluding hydrogens is 382 g/mol. The van der Waals surface area contributed by atoms with Crippen LogP contribution in [0.15, 0.2) is 36.5 Å². The van der Waals surface area contributed by atoms with Crippen LogP contribution in [0.3, 0.4) is 0 Å². The van der Waals surface area contributed by atoms with Gasteiger partial charge in [-0.05, 0) is 43.2 Å². The lowest BCUT2D eigenvalue weighted by Gasteiger charge is -2.12. The number of rotatable bonds is 6. The van der Waals surface area contributed by atoms with Crippen molar-refractivity contribution in [1.82, 2.24) is 10.3 Å². The number of aromatic nitrogens is 1. The Morgan fingerprint density at radius 3 is 2.61 bits per heavy atom. The van der Waals surface area contributed by atoms with Crippen molar-refractivity contribution < 1.29 is 31.9 Å². The third-order valence-electron chi connectivity index (χ3n) is 3.91. The Labute approximate surface area is 156 Å². The van der Waals surface area contributed by atoms with Crippen LogP contribution in [0.5, 0.6) is 5.75 Å². The van der Waals surface area contributed by atoms with Gasteiger partial charge in [0, 0.05) is 29.8 Å². The number of nitrogens with one attached hydrogen (secondary N) is 2. The van der Waals surface area contributed by atoms with E-state index in [0.29, 0.717) is 0 Å². The van der Waals surface area contributed by atoms with Gasteiger partial charge in [0.15, 0.2) is 0 Å². The Hall–Kier alpha value is -3.17. The minimum atomic E-state index is -4.91. The first-order valence-electron chi connectivity index (χ1n) is 8.30. The summed E-state index contributed by atoms with van der Waals surface area (Å²) in [6.07, 6.45) is -1.95. The number of halogens is 4. The topological polar surface area (TPSA) is 80.3 Å². The summed E-state index contributed by atoms with van der Waals surface area (Å²) in [6, 6.07) is 5.26. The van der Waals surface area contributed by atoms with Gasteiger partial charge in [0.1, 0.15) is 17.4 Å². The Kier molecular flexibility index (Phi) is 5.48. The first-order chi connectivity index (χ1) is 13.2. The van der Waals surface area contributed by atoms with Gasteiger partial charge < -0.3 is 15.4 Å². The average Bonchev–Trinajstić information content (AvgIpc) is 3.46. The largest absolute Gasteiger partial charge is 0.573 e. The van der Waals surface area contributed by atoms with Crippen LogP contribution in [-0.2, 0) is 11.3 Å². The smallest absolute Gasteiger partial charge is 0.406 e. The van der Waals surface area contributed by atoms with Crippen molar-refractivity contribution in [2.75, 3.05) is 5.32 Å². The molecule has 0 spiro atoms. The third-order valence-corrected chi connectivity index (χ3v) is 3.91. The number of carbonyl (C=O) groups is 2. The molecule has 1 heterocycles. The highest BCUT2D eigenvalue weighted by Crippen LogP contribution is 2.30. The maximum atomic E-state index is 13.8. The minimum Gasteiger partial charge on any atom is -0.406 e. The number of nitrogens with zero attached hydrogens (tertiary/aromatic N) is 1. The zero-order valence-electron chi connectivity index (χ0n) is 14.3. The van der Waals surface area contributed by atoms with Crippen LogP contribution < -0.4 is 15.4 Å². The van der Waals surface area contributed by atoms with Gasteiger partial charge in [0.05, 0.1) is 0 Å². The van der Waals surface area contributed by atoms with Crippen LogP contribution in [-0.4, -0.2) is 23.2 Å². The zero-order chi connectivity index (χ0) is 20.3. The monoisotopic (exact) mass is 397 g/mol. The highest BCUT2D eigenvalue weighted by atomic mass is 19.4. The maximum absolute atomic E-state index is 13.8. The molecule has 1 aliphatic carbocycles. The van der Waals surface area contributed by atoms with E-state index in [-0.39, 0.29) is 35.3 Å². The Bertz CT molecular complexity index is 898. The average molecular weight is 397 g/mol. The van der Waals surface area contributed by atoms with Crippen molar-refractivity contribution >= 4 is 17.6 Å². The molecule has 0 unspecified atom stereocenters. The number of benzene rings is 1. The van der Waals surface area contributed by atoms with Gasteiger partial charge in [0.25, 0.3) is 5.91 Å². The van der Waals surface area contributed by atoms with Crippen molar-refractivity contribution in [1.29, 1.82) is 0 Å². The lowest BCUT2D eigenvalue weighted by molar-refractivity contribution is -0.274. The Balaban J connectivity index is 1.63. The fraction of sp³-hybridized carbons (Fsp3) is 0.278. The van der Waals surface area contributed by atoms with Crippen molar-refractivity contribution in [3.8, 4) is 5.75 Å². The molecule has 2 aromatic rings. The molecule has 2 N–H and O–H groups in total. The van der Waals surface area contributed by atoms with Crippen LogP contribution in [0, 0.1) is 11.7 Å². The highest BCUT2D eigenvalue weighted by molar-refractivity contribution is 5.97. The third kappa shape index (κ3) is 5.41. The fourth-order valence-corrected chi connectivity index (χ4v) is 2.38. The number of hydrogen-bond donors (Lipinski definition) is 2. The van der Waals surface area contributed by atoms with Gasteiger partial charge in [-0.15, -0.1) is 13.2 Å². The van der Waals surface area contributed by atoms with E-state index in [2.05, 4.69) is 20.4 Å². The second-order valence-corrected chi connectivity index (χ2v) is 6.18. The van der Waals surface area contributed by atoms with Gasteiger partial charge in [-0.3, -0.25) is 9.59 Å². The van der Waals surface area contributed by atoms with E-state index in [1.807, 2.05) is 0 Å². The molecule has 1 aliphatic rings. The summed E-state index contributed by atoms with van der Waals surface area (Å²) in [5.41, 5.74) is -0.0179. The molecular formula is C18H15F4N3O3. The number of hydrogen-bond acceptors (Lipinski definition) is 4. The summed E-state index contributed by atoms with van der Waals surface area (Å²) in [6.45, 7) is -0.355. The number of amides is 2. The highest BCUT2D eigenvalue weighted by Gasteiger charge is 2.31. The molecule has 10 heteroatoms. The van der Waals surface area contributed by atoms with Gasteiger partial charge in [-0.1, -0.05) is 0 Å². The second-order valence-electron chi connectivity index (χ2n) is 6.18. The van der Waals surface area contributed by atoms with Crippen molar-refractivity contribution in [3.05, 3.63) is 53.5 Å². The van der Waals surface area contributed by atoms with E-state index >= 15 is 0 Å². The first-order valence-corrected chi connectivity index (χ1v) is 8.30. The molecule has 6 nitrogen and oxygen atoms in total. The van der Waals surface area contributed by atoms with E-state index in [0.717, 1.165) is 31.0 Å². The first kappa shape index (κ1) is 19.6. The molecule has 2 amide bonds. The Morgan fingerprint density at radius 1 is 1.18 bits per heavy atom. The number of ether oxygens (including phenoxy) is 1. The maximum Gasteiger partial charge on any atom is 0.573 e. The molecule has 1 aromatic carbocycles. The van der Waals surface area contributed by atoms with Crippen LogP contribution in [0.4, 0.5) is 23.4 Å². The summed E-state index contributed by atoms with van der Waals surface area (Å²) in [5.74, 6) is -1.99. The summed E-state index contributed by atoms with van der Waals surface area (Å²) >= 11 is 0. The summed E-state index contributed by atoms with van der Waals surface area (Å²) in [4.78, 5) is 27.9. The fourth-order valence-electron chi connectivity index (χ4n) is 2.38. The van der Waals surface area contributed by atoms with Gasteiger partial charge >= 0.3 is 6.36 Å². The molecule has 1 saturated carbocycles. The molecule has 0 bridgehead atoms. The molecule has 0 radical (unpaired) electrons. The normalized spacial score (nSPS) is 13.7. The van der Waals surface area contributed by atoms with Crippen LogP contribution in [0.1, 0.15) is 28.8 Å². The van der Waals surface area contributed by atoms with Crippen LogP contribution in [0.25, 0.3) is 0 Å². The zero-order valence-corrected chi connectivity index (χ0v) is 14.3. The number of alkyl halides is 3. The molecule has 0 atom stereocenters. The quantitative estimate of drug-likeness (QED) is 0.733. The lowest BCUT2D eigenvalue weighted by Crippen LogP contribution is -2.24. The van der Waals surface area contributed by atoms with Gasteiger partial charge in [0.2, 0.25) is 5.91 Å². The SMILES string of the molecule is O=C(NCc1cc(OC(F)(F)F)ccc1F)c1ccnc(NC(=O)C2CC2)c1. The summed E-state index contributed by atoms with van der Waals surface area (Å²) < 4.78 is 54.3. The second kappa shape index (κ2) is 7.83. The summed E-state index contributed by atoms with van der Waals surface area (Å²) in [5, 5.41) is 5.00. The van der Waals surface area contributed by atoms with Crippen LogP contribution in [0.2, 0.25) is 0 Å². The molecule has 148 valence electrons. The molecule has 28 heavy (non-hydrogen) atoms. The van der Waals surface area contributed by atoms with E-state index in [1.54, 1.807) is 0 Å². The number of carbonyl (C=O) groups excluding carboxylic acids is 2. The van der Waals surface area contributed by atoms with Gasteiger partial charge in [-0.2, -0.15) is 0 Å². The predicted molar refractivity (Wildman–Crippen MR) is 89.8 cm³/mol. The molecule has 0 aliphatic heterocycles. The lowest BCUT2D eigenvalue weighted by atomic mass is 10.2. The molecule has 3 rings (SSSR count). The summed E-state index contributed by atoms with van der Waals surface area (Å²) in [7, 11) is 0. The Morgan fingerprint density at radius 2 is 1.93 bits per heavy atom. The van der Waals surface area contributed by atoms with Crippen LogP contribution >= 0.6 is 0 Å². The standard InChI is InChI=1S/C18H15F4N3O3/c19-14-4-3-13(28-18(20,21)22)7-12(14)9-24-16(26)11-5-6-23-15(8-11)25-17(27)10-1-2-10/h3-8,10H,1-2,9H2,(H,24,26)(H,23,25,27). The van der Waals surface area contributed by atoms with Crippen molar-refractivity contribution in [2.24, 2.45) is 5.92 Å². The van der Waals surface area contributed by atoms with Crippen molar-refractivity contribution in [2.45, 2.75) is 25.7 Å². The van der Waals surface area contributed by atoms with E-state index in [9.17, 15) is 27.2 Å². The van der Waals surface area contributed by atoms with Crippen molar-refractivity contribution in [3.63, 3.8) is 0 Å². The van der Waals surface area contributed by atoms with E-state index in [4.69, 9.17) is 0 Å². The molecule has 0 saturated heterocycles. The van der Waals surface area contributed by atoms with Gasteiger partial charge in [-0.25, -0.2) is 9.37 Å². The van der Waals surface area contributed by atoms with E-state index in [1.165, 1.54) is 18.3 Å². The molecule has 1 aromatic heterocycles. The minimum absolute atomic E-state index is 0.0338. The van der Waals surface area contributed by atoms with E-state index < -0.39 is 23.8 Å². The predicted octanol–water partition coefficient (Wildman–Crippen LogP) is 3.40.